The molecule has 2 aliphatic rings. The van der Waals surface area contributed by atoms with Crippen LogP contribution in [0.25, 0.3) is 28.1 Å². The van der Waals surface area contributed by atoms with Crippen molar-refractivity contribution >= 4 is 52.8 Å². The fourth-order valence-corrected chi connectivity index (χ4v) is 9.15. The number of hydrogen-bond donors (Lipinski definition) is 3. The fraction of sp³-hybridized carbons (Fsp3) is 0.519. The molecule has 5 rings (SSSR count). The number of hydrogen-bond acceptors (Lipinski definition) is 11. The molecule has 4 amide bonds. The minimum atomic E-state index is -1.04. The zero-order valence-corrected chi connectivity index (χ0v) is 43.2. The van der Waals surface area contributed by atoms with Crippen LogP contribution in [0.1, 0.15) is 78.1 Å². The molecule has 2 fully saturated rings. The molecule has 70 heavy (non-hydrogen) atoms. The Bertz CT molecular complexity index is 2460. The van der Waals surface area contributed by atoms with Crippen LogP contribution < -0.4 is 10.7 Å². The van der Waals surface area contributed by atoms with Gasteiger partial charge in [0.25, 0.3) is 5.91 Å². The zero-order valence-electron chi connectivity index (χ0n) is 43.2. The SMILES string of the molecule is C=CC=N/C(=C/c1c(CC(C)(C)COC(C)=O)c2cc(-c3cc(O)cc(CC(NC(=O)C(C(C)C)N(C)C(=O)C4CN(C(=O)/C=C/CN(C)C)C4)C(=O)N4CCCCN4)c3)ccc2n1CC)C(C)OC. The summed E-state index contributed by atoms with van der Waals surface area (Å²) in [5.74, 6) is -2.33. The van der Waals surface area contributed by atoms with Gasteiger partial charge in [-0.3, -0.25) is 34.0 Å². The normalized spacial score (nSPS) is 16.2. The number of benzene rings is 2. The Balaban J connectivity index is 1.50. The molecule has 380 valence electrons. The predicted octanol–water partition coefficient (Wildman–Crippen LogP) is 6.01. The third kappa shape index (κ3) is 14.0. The summed E-state index contributed by atoms with van der Waals surface area (Å²) in [5.41, 5.74) is 8.50. The summed E-state index contributed by atoms with van der Waals surface area (Å²) < 4.78 is 13.5. The van der Waals surface area contributed by atoms with Crippen LogP contribution in [0.3, 0.4) is 0 Å². The lowest BCUT2D eigenvalue weighted by Crippen LogP contribution is -2.61. The molecule has 0 bridgehead atoms. The number of aryl methyl sites for hydroxylation is 1. The molecule has 0 saturated carbocycles. The molecule has 2 aromatic carbocycles. The highest BCUT2D eigenvalue weighted by Crippen LogP contribution is 2.38. The number of methoxy groups -OCH3 is 1. The third-order valence-corrected chi connectivity index (χ3v) is 12.9. The Morgan fingerprint density at radius 3 is 2.39 bits per heavy atom. The number of amides is 4. The highest BCUT2D eigenvalue weighted by Gasteiger charge is 2.41. The van der Waals surface area contributed by atoms with Crippen LogP contribution in [0.4, 0.5) is 0 Å². The van der Waals surface area contributed by atoms with Crippen LogP contribution >= 0.6 is 0 Å². The second-order valence-electron chi connectivity index (χ2n) is 19.9. The largest absolute Gasteiger partial charge is 0.508 e. The first kappa shape index (κ1) is 54.8. The Morgan fingerprint density at radius 1 is 1.04 bits per heavy atom. The number of hydrazine groups is 1. The zero-order chi connectivity index (χ0) is 51.4. The molecule has 0 radical (unpaired) electrons. The molecule has 2 saturated heterocycles. The quantitative estimate of drug-likeness (QED) is 0.0614. The summed E-state index contributed by atoms with van der Waals surface area (Å²) in [5, 5.41) is 16.9. The maximum Gasteiger partial charge on any atom is 0.302 e. The standard InChI is InChI=1S/C54H76N8O8/c1-13-21-55-45(36(5)69-12)30-48-44(31-54(7,8)34-70-37(6)63)43-29-39(19-20-47(43)61(48)14-2)40-25-38(26-42(64)28-40)27-46(53(68)62-24-16-15-22-56-62)57-51(66)50(35(3)4)59(11)52(67)41-32-60(33-41)49(65)18-17-23-58(9)10/h13,17-21,25-26,28-30,35-36,41,46,50,56,64H,1,14-16,22-24,27,31-34H2,2-12H3,(H,57,66)/b18-17+,45-30+,55-21?. The molecule has 16 heteroatoms. The Labute approximate surface area is 414 Å². The number of carbonyl (C=O) groups excluding carboxylic acids is 5. The van der Waals surface area contributed by atoms with Crippen LogP contribution in [0.15, 0.2) is 71.9 Å². The lowest BCUT2D eigenvalue weighted by molar-refractivity contribution is -0.151. The number of carbonyl (C=O) groups is 5. The summed E-state index contributed by atoms with van der Waals surface area (Å²) in [6.07, 6.45) is 10.6. The number of phenolic OH excluding ortho intramolecular Hbond substituents is 1. The number of aromatic nitrogens is 1. The number of likely N-dealkylation sites (tertiary alicyclic amines) is 1. The maximum absolute atomic E-state index is 14.4. The van der Waals surface area contributed by atoms with E-state index in [1.165, 1.54) is 17.9 Å². The minimum Gasteiger partial charge on any atom is -0.508 e. The van der Waals surface area contributed by atoms with Crippen LogP contribution in [0, 0.1) is 17.3 Å². The van der Waals surface area contributed by atoms with Crippen molar-refractivity contribution in [1.82, 2.24) is 35.0 Å². The molecular formula is C54H76N8O8. The van der Waals surface area contributed by atoms with Gasteiger partial charge in [-0.05, 0) is 106 Å². The molecule has 2 aliphatic heterocycles. The second kappa shape index (κ2) is 24.6. The number of fused-ring (bicyclic) bond motifs is 1. The minimum absolute atomic E-state index is 0.0106. The van der Waals surface area contributed by atoms with E-state index in [2.05, 4.69) is 59.8 Å². The monoisotopic (exact) mass is 965 g/mol. The number of aromatic hydroxyl groups is 1. The summed E-state index contributed by atoms with van der Waals surface area (Å²) in [4.78, 5) is 77.0. The van der Waals surface area contributed by atoms with E-state index in [0.717, 1.165) is 40.6 Å². The van der Waals surface area contributed by atoms with Gasteiger partial charge in [0.2, 0.25) is 17.7 Å². The lowest BCUT2D eigenvalue weighted by atomic mass is 9.85. The van der Waals surface area contributed by atoms with Crippen molar-refractivity contribution in [3.05, 3.63) is 83.7 Å². The van der Waals surface area contributed by atoms with Gasteiger partial charge in [-0.25, -0.2) is 5.43 Å². The van der Waals surface area contributed by atoms with Gasteiger partial charge in [0.05, 0.1) is 24.3 Å². The van der Waals surface area contributed by atoms with Crippen molar-refractivity contribution in [3.63, 3.8) is 0 Å². The molecule has 3 atom stereocenters. The summed E-state index contributed by atoms with van der Waals surface area (Å²) in [6, 6.07) is 9.43. The highest BCUT2D eigenvalue weighted by atomic mass is 16.5. The molecule has 16 nitrogen and oxygen atoms in total. The first-order chi connectivity index (χ1) is 33.2. The summed E-state index contributed by atoms with van der Waals surface area (Å²) >= 11 is 0. The molecule has 1 aromatic heterocycles. The number of nitrogens with zero attached hydrogens (tertiary/aromatic N) is 6. The van der Waals surface area contributed by atoms with Gasteiger partial charge in [0, 0.05) is 101 Å². The van der Waals surface area contributed by atoms with Crippen molar-refractivity contribution in [2.75, 3.05) is 67.6 Å². The van der Waals surface area contributed by atoms with Gasteiger partial charge >= 0.3 is 5.97 Å². The smallest absolute Gasteiger partial charge is 0.302 e. The van der Waals surface area contributed by atoms with Gasteiger partial charge < -0.3 is 39.2 Å². The maximum atomic E-state index is 14.4. The van der Waals surface area contributed by atoms with E-state index in [1.807, 2.05) is 58.0 Å². The van der Waals surface area contributed by atoms with Gasteiger partial charge in [-0.15, -0.1) is 0 Å². The number of likely N-dealkylation sites (N-methyl/N-ethyl adjacent to an activating group) is 2. The molecule has 0 spiro atoms. The van der Waals surface area contributed by atoms with E-state index in [9.17, 15) is 29.1 Å². The van der Waals surface area contributed by atoms with E-state index >= 15 is 0 Å². The number of esters is 1. The van der Waals surface area contributed by atoms with E-state index in [-0.39, 0.29) is 67.6 Å². The van der Waals surface area contributed by atoms with E-state index in [1.54, 1.807) is 54.6 Å². The van der Waals surface area contributed by atoms with Gasteiger partial charge in [-0.1, -0.05) is 58.6 Å². The second-order valence-corrected chi connectivity index (χ2v) is 19.9. The highest BCUT2D eigenvalue weighted by molar-refractivity contribution is 5.95. The molecule has 3 heterocycles. The topological polar surface area (TPSA) is 178 Å². The number of rotatable bonds is 22. The Kier molecular flexibility index (Phi) is 19.3. The predicted molar refractivity (Wildman–Crippen MR) is 276 cm³/mol. The summed E-state index contributed by atoms with van der Waals surface area (Å²) in [7, 11) is 7.07. The average molecular weight is 965 g/mol. The van der Waals surface area contributed by atoms with Gasteiger partial charge in [0.1, 0.15) is 17.8 Å². The van der Waals surface area contributed by atoms with Crippen LogP contribution in [0.2, 0.25) is 0 Å². The fourth-order valence-electron chi connectivity index (χ4n) is 9.15. The van der Waals surface area contributed by atoms with E-state index in [4.69, 9.17) is 9.47 Å². The van der Waals surface area contributed by atoms with Crippen molar-refractivity contribution in [3.8, 4) is 16.9 Å². The Hall–Kier alpha value is -6.10. The van der Waals surface area contributed by atoms with Gasteiger partial charge in [0.15, 0.2) is 0 Å². The van der Waals surface area contributed by atoms with Crippen LogP contribution in [-0.4, -0.2) is 151 Å². The number of aliphatic imine (C=N–C) groups is 1. The molecule has 3 N–H and O–H groups in total. The van der Waals surface area contributed by atoms with Crippen LogP contribution in [-0.2, 0) is 52.8 Å². The molecule has 0 aliphatic carbocycles. The third-order valence-electron chi connectivity index (χ3n) is 12.9. The molecular weight excluding hydrogens is 889 g/mol. The van der Waals surface area contributed by atoms with Gasteiger partial charge in [-0.2, -0.15) is 0 Å². The van der Waals surface area contributed by atoms with Crippen molar-refractivity contribution in [1.29, 1.82) is 0 Å². The molecule has 3 unspecified atom stereocenters. The Morgan fingerprint density at radius 2 is 1.77 bits per heavy atom. The van der Waals surface area contributed by atoms with Crippen LogP contribution in [0.5, 0.6) is 5.75 Å². The first-order valence-corrected chi connectivity index (χ1v) is 24.4. The summed E-state index contributed by atoms with van der Waals surface area (Å²) in [6.45, 7) is 20.1. The first-order valence-electron chi connectivity index (χ1n) is 24.4. The lowest BCUT2D eigenvalue weighted by Gasteiger charge is -2.41. The number of nitrogens with one attached hydrogen (secondary N) is 2. The van der Waals surface area contributed by atoms with E-state index < -0.39 is 29.3 Å². The van der Waals surface area contributed by atoms with E-state index in [0.29, 0.717) is 49.4 Å². The van der Waals surface area contributed by atoms with Crippen molar-refractivity contribution in [2.24, 2.45) is 22.2 Å². The van der Waals surface area contributed by atoms with Crippen molar-refractivity contribution < 1.29 is 38.6 Å². The molecule has 3 aromatic rings. The van der Waals surface area contributed by atoms with Crippen molar-refractivity contribution in [2.45, 2.75) is 98.9 Å². The number of phenols is 1. The number of allylic oxidation sites excluding steroid dienone is 1. The average Bonchev–Trinajstić information content (AvgIpc) is 3.58. The number of ether oxygens (including phenoxy) is 2.